The quantitative estimate of drug-likeness (QED) is 0.730. The van der Waals surface area contributed by atoms with Crippen molar-refractivity contribution in [3.8, 4) is 11.1 Å². The van der Waals surface area contributed by atoms with Crippen LogP contribution in [0, 0.1) is 0 Å². The third-order valence-electron chi connectivity index (χ3n) is 3.68. The molecular formula is C16H15FO. The van der Waals surface area contributed by atoms with Crippen LogP contribution in [-0.4, -0.2) is 11.8 Å². The maximum atomic E-state index is 12.8. The second kappa shape index (κ2) is 3.92. The molecule has 1 nitrogen and oxygen atoms in total. The van der Waals surface area contributed by atoms with E-state index in [1.807, 2.05) is 30.3 Å². The monoisotopic (exact) mass is 242 g/mol. The smallest absolute Gasteiger partial charge is 0.122 e. The van der Waals surface area contributed by atoms with Crippen molar-refractivity contribution in [2.24, 2.45) is 0 Å². The van der Waals surface area contributed by atoms with Gasteiger partial charge in [-0.25, -0.2) is 4.39 Å². The van der Waals surface area contributed by atoms with Gasteiger partial charge in [-0.2, -0.15) is 0 Å². The molecule has 0 saturated carbocycles. The van der Waals surface area contributed by atoms with E-state index in [2.05, 4.69) is 12.1 Å². The fraction of sp³-hybridized carbons (Fsp3) is 0.250. The first-order valence-corrected chi connectivity index (χ1v) is 6.12. The Hall–Kier alpha value is -1.67. The van der Waals surface area contributed by atoms with Crippen LogP contribution in [0.4, 0.5) is 4.39 Å². The molecule has 0 radical (unpaired) electrons. The summed E-state index contributed by atoms with van der Waals surface area (Å²) in [6, 6.07) is 14.0. The van der Waals surface area contributed by atoms with Crippen LogP contribution in [0.2, 0.25) is 0 Å². The largest absolute Gasteiger partial charge is 0.383 e. The van der Waals surface area contributed by atoms with Gasteiger partial charge in [0.1, 0.15) is 12.3 Å². The van der Waals surface area contributed by atoms with Crippen molar-refractivity contribution in [3.05, 3.63) is 59.2 Å². The van der Waals surface area contributed by atoms with E-state index in [1.54, 1.807) is 0 Å². The SMILES string of the molecule is CC(O)(CF)c1ccc2c(c1)Cc1ccccc1-2. The van der Waals surface area contributed by atoms with Gasteiger partial charge in [0.05, 0.1) is 0 Å². The van der Waals surface area contributed by atoms with Gasteiger partial charge >= 0.3 is 0 Å². The van der Waals surface area contributed by atoms with Gasteiger partial charge in [-0.15, -0.1) is 0 Å². The Morgan fingerprint density at radius 1 is 1.11 bits per heavy atom. The van der Waals surface area contributed by atoms with Crippen LogP contribution in [-0.2, 0) is 12.0 Å². The molecular weight excluding hydrogens is 227 g/mol. The summed E-state index contributed by atoms with van der Waals surface area (Å²) in [6.07, 6.45) is 0.863. The molecule has 0 amide bonds. The zero-order valence-electron chi connectivity index (χ0n) is 10.3. The van der Waals surface area contributed by atoms with E-state index in [4.69, 9.17) is 0 Å². The Bertz CT molecular complexity index is 602. The molecule has 0 bridgehead atoms. The first-order chi connectivity index (χ1) is 8.62. The van der Waals surface area contributed by atoms with Crippen molar-refractivity contribution >= 4 is 0 Å². The summed E-state index contributed by atoms with van der Waals surface area (Å²) in [5.74, 6) is 0. The standard InChI is InChI=1S/C16H15FO/c1-16(18,10-17)13-6-7-15-12(9-13)8-11-4-2-3-5-14(11)15/h2-7,9,18H,8,10H2,1H3. The first kappa shape index (κ1) is 11.4. The topological polar surface area (TPSA) is 20.2 Å². The third-order valence-corrected chi connectivity index (χ3v) is 3.68. The average Bonchev–Trinajstić information content (AvgIpc) is 2.76. The number of hydrogen-bond acceptors (Lipinski definition) is 1. The molecule has 1 atom stereocenters. The lowest BCUT2D eigenvalue weighted by atomic mass is 9.93. The summed E-state index contributed by atoms with van der Waals surface area (Å²) < 4.78 is 12.8. The molecule has 0 aliphatic heterocycles. The van der Waals surface area contributed by atoms with Gasteiger partial charge in [-0.05, 0) is 41.2 Å². The molecule has 0 heterocycles. The molecule has 2 heteroatoms. The molecule has 0 spiro atoms. The fourth-order valence-corrected chi connectivity index (χ4v) is 2.56. The van der Waals surface area contributed by atoms with Gasteiger partial charge in [0, 0.05) is 0 Å². The summed E-state index contributed by atoms with van der Waals surface area (Å²) in [7, 11) is 0. The van der Waals surface area contributed by atoms with Gasteiger partial charge in [0.15, 0.2) is 0 Å². The molecule has 1 N–H and O–H groups in total. The number of benzene rings is 2. The van der Waals surface area contributed by atoms with Gasteiger partial charge in [-0.1, -0.05) is 42.5 Å². The molecule has 2 aromatic rings. The van der Waals surface area contributed by atoms with Crippen LogP contribution >= 0.6 is 0 Å². The van der Waals surface area contributed by atoms with E-state index in [1.165, 1.54) is 29.2 Å². The Balaban J connectivity index is 2.09. The lowest BCUT2D eigenvalue weighted by Crippen LogP contribution is -2.23. The van der Waals surface area contributed by atoms with E-state index >= 15 is 0 Å². The Morgan fingerprint density at radius 2 is 1.83 bits per heavy atom. The summed E-state index contributed by atoms with van der Waals surface area (Å²) in [4.78, 5) is 0. The fourth-order valence-electron chi connectivity index (χ4n) is 2.56. The summed E-state index contributed by atoms with van der Waals surface area (Å²) in [5.41, 5.74) is 4.18. The maximum Gasteiger partial charge on any atom is 0.122 e. The van der Waals surface area contributed by atoms with Gasteiger partial charge in [-0.3, -0.25) is 0 Å². The van der Waals surface area contributed by atoms with Crippen molar-refractivity contribution in [2.45, 2.75) is 18.9 Å². The summed E-state index contributed by atoms with van der Waals surface area (Å²) in [6.45, 7) is 0.746. The first-order valence-electron chi connectivity index (χ1n) is 6.12. The van der Waals surface area contributed by atoms with Crippen LogP contribution in [0.1, 0.15) is 23.6 Å². The second-order valence-electron chi connectivity index (χ2n) is 5.11. The highest BCUT2D eigenvalue weighted by Crippen LogP contribution is 2.38. The summed E-state index contributed by atoms with van der Waals surface area (Å²) in [5, 5.41) is 9.97. The van der Waals surface area contributed by atoms with Gasteiger partial charge in [0.2, 0.25) is 0 Å². The molecule has 92 valence electrons. The second-order valence-corrected chi connectivity index (χ2v) is 5.11. The molecule has 0 fully saturated rings. The Kier molecular flexibility index (Phi) is 2.49. The lowest BCUT2D eigenvalue weighted by molar-refractivity contribution is 0.0299. The van der Waals surface area contributed by atoms with E-state index in [-0.39, 0.29) is 0 Å². The minimum atomic E-state index is -1.39. The Morgan fingerprint density at radius 3 is 2.61 bits per heavy atom. The van der Waals surface area contributed by atoms with Gasteiger partial charge < -0.3 is 5.11 Å². The number of fused-ring (bicyclic) bond motifs is 3. The van der Waals surface area contributed by atoms with Crippen molar-refractivity contribution in [1.82, 2.24) is 0 Å². The van der Waals surface area contributed by atoms with Crippen molar-refractivity contribution < 1.29 is 9.50 Å². The predicted molar refractivity (Wildman–Crippen MR) is 70.2 cm³/mol. The van der Waals surface area contributed by atoms with E-state index < -0.39 is 12.3 Å². The number of alkyl halides is 1. The highest BCUT2D eigenvalue weighted by Gasteiger charge is 2.26. The average molecular weight is 242 g/mol. The number of aliphatic hydroxyl groups is 1. The number of halogens is 1. The van der Waals surface area contributed by atoms with E-state index in [0.717, 1.165) is 6.42 Å². The minimum absolute atomic E-state index is 0.650. The lowest BCUT2D eigenvalue weighted by Gasteiger charge is -2.20. The van der Waals surface area contributed by atoms with Crippen molar-refractivity contribution in [3.63, 3.8) is 0 Å². The highest BCUT2D eigenvalue weighted by molar-refractivity contribution is 5.77. The molecule has 18 heavy (non-hydrogen) atoms. The van der Waals surface area contributed by atoms with Gasteiger partial charge in [0.25, 0.3) is 0 Å². The van der Waals surface area contributed by atoms with Crippen molar-refractivity contribution in [1.29, 1.82) is 0 Å². The molecule has 1 unspecified atom stereocenters. The summed E-state index contributed by atoms with van der Waals surface area (Å²) >= 11 is 0. The minimum Gasteiger partial charge on any atom is -0.383 e. The number of hydrogen-bond donors (Lipinski definition) is 1. The van der Waals surface area contributed by atoms with E-state index in [9.17, 15) is 9.50 Å². The molecule has 3 rings (SSSR count). The molecule has 0 saturated heterocycles. The van der Waals surface area contributed by atoms with Crippen LogP contribution in [0.25, 0.3) is 11.1 Å². The molecule has 1 aliphatic carbocycles. The Labute approximate surface area is 106 Å². The van der Waals surface area contributed by atoms with Crippen LogP contribution < -0.4 is 0 Å². The molecule has 2 aromatic carbocycles. The third kappa shape index (κ3) is 1.65. The number of rotatable bonds is 2. The van der Waals surface area contributed by atoms with Crippen LogP contribution in [0.15, 0.2) is 42.5 Å². The zero-order chi connectivity index (χ0) is 12.8. The van der Waals surface area contributed by atoms with Crippen LogP contribution in [0.5, 0.6) is 0 Å². The molecule has 0 aromatic heterocycles. The van der Waals surface area contributed by atoms with Crippen LogP contribution in [0.3, 0.4) is 0 Å². The van der Waals surface area contributed by atoms with Crippen molar-refractivity contribution in [2.75, 3.05) is 6.67 Å². The zero-order valence-corrected chi connectivity index (χ0v) is 10.3. The normalized spacial score (nSPS) is 15.9. The highest BCUT2D eigenvalue weighted by atomic mass is 19.1. The predicted octanol–water partition coefficient (Wildman–Crippen LogP) is 3.43. The molecule has 1 aliphatic rings. The maximum absolute atomic E-state index is 12.8. The van der Waals surface area contributed by atoms with E-state index in [0.29, 0.717) is 5.56 Å².